The number of anilines is 1. The lowest BCUT2D eigenvalue weighted by atomic mass is 10.1. The van der Waals surface area contributed by atoms with Crippen molar-refractivity contribution < 1.29 is 4.92 Å². The molecule has 0 saturated carbocycles. The Morgan fingerprint density at radius 1 is 1.18 bits per heavy atom. The van der Waals surface area contributed by atoms with Crippen LogP contribution in [0, 0.1) is 10.1 Å². The van der Waals surface area contributed by atoms with Gasteiger partial charge in [-0.25, -0.2) is 0 Å². The Hall–Kier alpha value is -2.63. The average molecular weight is 231 g/mol. The molecule has 0 aliphatic heterocycles. The Bertz CT molecular complexity index is 617. The van der Waals surface area contributed by atoms with E-state index in [0.717, 1.165) is 5.56 Å². The van der Waals surface area contributed by atoms with Crippen molar-refractivity contribution in [2.75, 3.05) is 5.73 Å². The second kappa shape index (κ2) is 4.09. The highest BCUT2D eigenvalue weighted by atomic mass is 16.6. The second-order valence-corrected chi connectivity index (χ2v) is 3.48. The van der Waals surface area contributed by atoms with E-state index < -0.39 is 4.92 Å². The zero-order valence-electron chi connectivity index (χ0n) is 8.71. The Morgan fingerprint density at radius 2 is 1.82 bits per heavy atom. The molecule has 0 amide bonds. The molecular formula is C11H9N3O3. The van der Waals surface area contributed by atoms with Gasteiger partial charge in [-0.3, -0.25) is 14.9 Å². The fourth-order valence-electron chi connectivity index (χ4n) is 1.44. The highest BCUT2D eigenvalue weighted by molar-refractivity contribution is 5.66. The number of H-pyrrole nitrogens is 1. The first-order chi connectivity index (χ1) is 8.08. The number of aromatic nitrogens is 1. The predicted molar refractivity (Wildman–Crippen MR) is 63.6 cm³/mol. The molecule has 0 fully saturated rings. The number of hydrogen-bond donors (Lipinski definition) is 2. The Labute approximate surface area is 95.9 Å². The average Bonchev–Trinajstić information content (AvgIpc) is 2.33. The number of nitrogens with two attached hydrogens (primary N) is 1. The van der Waals surface area contributed by atoms with Gasteiger partial charge < -0.3 is 10.7 Å². The SMILES string of the molecule is Nc1cc(-c2ccc([N+](=O)[O-])cc2)c[nH]c1=O. The summed E-state index contributed by atoms with van der Waals surface area (Å²) in [4.78, 5) is 23.6. The van der Waals surface area contributed by atoms with Gasteiger partial charge in [0, 0.05) is 23.9 Å². The first-order valence-corrected chi connectivity index (χ1v) is 4.81. The van der Waals surface area contributed by atoms with Gasteiger partial charge in [0.1, 0.15) is 0 Å². The summed E-state index contributed by atoms with van der Waals surface area (Å²) in [6.07, 6.45) is 1.51. The number of pyridine rings is 1. The molecule has 6 heteroatoms. The van der Waals surface area contributed by atoms with Crippen LogP contribution in [-0.2, 0) is 0 Å². The van der Waals surface area contributed by atoms with Gasteiger partial charge in [0.25, 0.3) is 11.2 Å². The first kappa shape index (κ1) is 10.9. The van der Waals surface area contributed by atoms with Crippen molar-refractivity contribution >= 4 is 11.4 Å². The maximum Gasteiger partial charge on any atom is 0.271 e. The predicted octanol–water partition coefficient (Wildman–Crippen LogP) is 1.53. The number of benzene rings is 1. The summed E-state index contributed by atoms with van der Waals surface area (Å²) >= 11 is 0. The maximum atomic E-state index is 11.1. The normalized spacial score (nSPS) is 10.1. The molecule has 0 saturated heterocycles. The monoisotopic (exact) mass is 231 g/mol. The number of rotatable bonds is 2. The largest absolute Gasteiger partial charge is 0.394 e. The third kappa shape index (κ3) is 2.15. The summed E-state index contributed by atoms with van der Waals surface area (Å²) in [5, 5.41) is 10.5. The minimum absolute atomic E-state index is 0.0196. The summed E-state index contributed by atoms with van der Waals surface area (Å²) < 4.78 is 0. The molecule has 0 aliphatic carbocycles. The number of hydrogen-bond acceptors (Lipinski definition) is 4. The van der Waals surface area contributed by atoms with Crippen LogP contribution in [-0.4, -0.2) is 9.91 Å². The van der Waals surface area contributed by atoms with Crippen LogP contribution in [0.15, 0.2) is 41.3 Å². The zero-order chi connectivity index (χ0) is 12.4. The van der Waals surface area contributed by atoms with Gasteiger partial charge in [-0.2, -0.15) is 0 Å². The van der Waals surface area contributed by atoms with Gasteiger partial charge in [0.05, 0.1) is 10.6 Å². The molecule has 2 aromatic rings. The number of non-ortho nitro benzene ring substituents is 1. The molecule has 0 atom stereocenters. The second-order valence-electron chi connectivity index (χ2n) is 3.48. The third-order valence-corrected chi connectivity index (χ3v) is 2.34. The molecule has 2 rings (SSSR count). The van der Waals surface area contributed by atoms with E-state index in [0.29, 0.717) is 5.56 Å². The molecule has 6 nitrogen and oxygen atoms in total. The molecule has 0 unspecified atom stereocenters. The number of nitrogen functional groups attached to an aromatic ring is 1. The summed E-state index contributed by atoms with van der Waals surface area (Å²) in [7, 11) is 0. The van der Waals surface area contributed by atoms with E-state index in [2.05, 4.69) is 4.98 Å². The van der Waals surface area contributed by atoms with Gasteiger partial charge in [-0.15, -0.1) is 0 Å². The molecule has 0 radical (unpaired) electrons. The molecule has 17 heavy (non-hydrogen) atoms. The van der Waals surface area contributed by atoms with E-state index >= 15 is 0 Å². The van der Waals surface area contributed by atoms with Gasteiger partial charge in [-0.1, -0.05) is 0 Å². The maximum absolute atomic E-state index is 11.1. The van der Waals surface area contributed by atoms with Gasteiger partial charge in [0.15, 0.2) is 0 Å². The van der Waals surface area contributed by atoms with Crippen LogP contribution in [0.5, 0.6) is 0 Å². The van der Waals surface area contributed by atoms with Crippen molar-refractivity contribution in [1.29, 1.82) is 0 Å². The van der Waals surface area contributed by atoms with Crippen LogP contribution in [0.1, 0.15) is 0 Å². The van der Waals surface area contributed by atoms with Crippen molar-refractivity contribution in [2.24, 2.45) is 0 Å². The lowest BCUT2D eigenvalue weighted by Crippen LogP contribution is -2.10. The number of nitro benzene ring substituents is 1. The summed E-state index contributed by atoms with van der Waals surface area (Å²) in [5.74, 6) is 0. The van der Waals surface area contributed by atoms with E-state index in [9.17, 15) is 14.9 Å². The van der Waals surface area contributed by atoms with Crippen LogP contribution in [0.2, 0.25) is 0 Å². The molecule has 0 spiro atoms. The minimum Gasteiger partial charge on any atom is -0.394 e. The summed E-state index contributed by atoms with van der Waals surface area (Å²) in [6, 6.07) is 7.53. The van der Waals surface area contributed by atoms with Crippen LogP contribution in [0.25, 0.3) is 11.1 Å². The fourth-order valence-corrected chi connectivity index (χ4v) is 1.44. The van der Waals surface area contributed by atoms with E-state index in [4.69, 9.17) is 5.73 Å². The van der Waals surface area contributed by atoms with Crippen molar-refractivity contribution in [3.05, 3.63) is 57.0 Å². The zero-order valence-corrected chi connectivity index (χ0v) is 8.71. The van der Waals surface area contributed by atoms with E-state index in [1.807, 2.05) is 0 Å². The molecule has 86 valence electrons. The topological polar surface area (TPSA) is 102 Å². The molecule has 1 heterocycles. The van der Waals surface area contributed by atoms with Crippen molar-refractivity contribution in [3.8, 4) is 11.1 Å². The summed E-state index contributed by atoms with van der Waals surface area (Å²) in [5.41, 5.74) is 6.72. The van der Waals surface area contributed by atoms with Crippen LogP contribution in [0.4, 0.5) is 11.4 Å². The Kier molecular flexibility index (Phi) is 2.61. The fraction of sp³-hybridized carbons (Fsp3) is 0. The molecule has 1 aromatic heterocycles. The standard InChI is InChI=1S/C11H9N3O3/c12-10-5-8(6-13-11(10)15)7-1-3-9(4-2-7)14(16)17/h1-6H,12H2,(H,13,15). The van der Waals surface area contributed by atoms with Crippen molar-refractivity contribution in [2.45, 2.75) is 0 Å². The van der Waals surface area contributed by atoms with Gasteiger partial charge in [-0.05, 0) is 23.8 Å². The van der Waals surface area contributed by atoms with E-state index in [1.54, 1.807) is 12.1 Å². The van der Waals surface area contributed by atoms with Crippen LogP contribution < -0.4 is 11.3 Å². The number of nitrogens with one attached hydrogen (secondary N) is 1. The molecule has 3 N–H and O–H groups in total. The van der Waals surface area contributed by atoms with Crippen molar-refractivity contribution in [1.82, 2.24) is 4.98 Å². The van der Waals surface area contributed by atoms with Gasteiger partial charge >= 0.3 is 0 Å². The van der Waals surface area contributed by atoms with Gasteiger partial charge in [0.2, 0.25) is 0 Å². The number of nitro groups is 1. The summed E-state index contributed by atoms with van der Waals surface area (Å²) in [6.45, 7) is 0. The van der Waals surface area contributed by atoms with Crippen LogP contribution in [0.3, 0.4) is 0 Å². The lowest BCUT2D eigenvalue weighted by Gasteiger charge is -2.01. The van der Waals surface area contributed by atoms with Crippen molar-refractivity contribution in [3.63, 3.8) is 0 Å². The number of aromatic amines is 1. The van der Waals surface area contributed by atoms with Crippen LogP contribution >= 0.6 is 0 Å². The smallest absolute Gasteiger partial charge is 0.271 e. The molecular weight excluding hydrogens is 222 g/mol. The van der Waals surface area contributed by atoms with E-state index in [1.165, 1.54) is 24.4 Å². The quantitative estimate of drug-likeness (QED) is 0.604. The minimum atomic E-state index is -0.467. The number of nitrogens with zero attached hydrogens (tertiary/aromatic N) is 1. The highest BCUT2D eigenvalue weighted by Gasteiger charge is 2.06. The highest BCUT2D eigenvalue weighted by Crippen LogP contribution is 2.21. The molecule has 0 bridgehead atoms. The Balaban J connectivity index is 2.43. The molecule has 0 aliphatic rings. The molecule has 1 aromatic carbocycles. The Morgan fingerprint density at radius 3 is 2.35 bits per heavy atom. The lowest BCUT2D eigenvalue weighted by molar-refractivity contribution is -0.384. The van der Waals surface area contributed by atoms with E-state index in [-0.39, 0.29) is 16.9 Å². The first-order valence-electron chi connectivity index (χ1n) is 4.81. The third-order valence-electron chi connectivity index (χ3n) is 2.34.